The molecule has 1 aromatic heterocycles. The van der Waals surface area contributed by atoms with Gasteiger partial charge < -0.3 is 14.6 Å². The van der Waals surface area contributed by atoms with E-state index in [0.29, 0.717) is 24.5 Å². The summed E-state index contributed by atoms with van der Waals surface area (Å²) in [5, 5.41) is 6.17. The molecule has 0 aliphatic carbocycles. The van der Waals surface area contributed by atoms with Crippen LogP contribution in [0, 0.1) is 13.8 Å². The van der Waals surface area contributed by atoms with Crippen molar-refractivity contribution in [3.63, 3.8) is 0 Å². The van der Waals surface area contributed by atoms with Crippen LogP contribution in [0.3, 0.4) is 0 Å². The summed E-state index contributed by atoms with van der Waals surface area (Å²) in [6.07, 6.45) is -0.416. The Labute approximate surface area is 155 Å². The van der Waals surface area contributed by atoms with E-state index in [1.807, 2.05) is 0 Å². The quantitative estimate of drug-likeness (QED) is 0.752. The normalized spacial score (nSPS) is 14.3. The number of carbonyl (C=O) groups is 2. The van der Waals surface area contributed by atoms with Crippen molar-refractivity contribution in [2.45, 2.75) is 18.7 Å². The molecular weight excluding hydrogens is 376 g/mol. The van der Waals surface area contributed by atoms with Crippen LogP contribution in [0.2, 0.25) is 0 Å². The van der Waals surface area contributed by atoms with Gasteiger partial charge in [0.2, 0.25) is 15.9 Å². The molecule has 1 aromatic carbocycles. The number of cyclic esters (lactones) is 1. The van der Waals surface area contributed by atoms with Crippen molar-refractivity contribution in [3.8, 4) is 0 Å². The predicted molar refractivity (Wildman–Crippen MR) is 94.9 cm³/mol. The zero-order valence-electron chi connectivity index (χ0n) is 14.7. The molecule has 2 amide bonds. The number of rotatable bonds is 6. The third-order valence-electron chi connectivity index (χ3n) is 3.88. The number of amides is 2. The van der Waals surface area contributed by atoms with Crippen LogP contribution in [0.25, 0.3) is 0 Å². The Hall–Kier alpha value is -2.92. The number of hydrogen-bond donors (Lipinski definition) is 2. The highest BCUT2D eigenvalue weighted by atomic mass is 32.2. The van der Waals surface area contributed by atoms with Crippen molar-refractivity contribution in [2.24, 2.45) is 0 Å². The topological polar surface area (TPSA) is 131 Å². The van der Waals surface area contributed by atoms with E-state index in [1.165, 1.54) is 18.7 Å². The van der Waals surface area contributed by atoms with Crippen LogP contribution in [0.1, 0.15) is 11.5 Å². The number of sulfonamides is 1. The molecule has 2 heterocycles. The SMILES string of the molecule is Cc1noc(C)c1S(=O)(=O)NCC(=O)Nc1ccc(N2CCOC2=O)cc1. The van der Waals surface area contributed by atoms with Gasteiger partial charge in [-0.25, -0.2) is 17.9 Å². The van der Waals surface area contributed by atoms with E-state index in [-0.39, 0.29) is 16.3 Å². The largest absolute Gasteiger partial charge is 0.447 e. The lowest BCUT2D eigenvalue weighted by Gasteiger charge is -2.13. The maximum atomic E-state index is 12.3. The van der Waals surface area contributed by atoms with Gasteiger partial charge >= 0.3 is 6.09 Å². The minimum absolute atomic E-state index is 0.0721. The summed E-state index contributed by atoms with van der Waals surface area (Å²) in [4.78, 5) is 25.0. The average molecular weight is 394 g/mol. The van der Waals surface area contributed by atoms with Gasteiger partial charge in [0.15, 0.2) is 5.76 Å². The Balaban J connectivity index is 1.59. The van der Waals surface area contributed by atoms with E-state index < -0.39 is 28.6 Å². The second-order valence-electron chi connectivity index (χ2n) is 5.84. The van der Waals surface area contributed by atoms with Crippen LogP contribution in [0.5, 0.6) is 0 Å². The third-order valence-corrected chi connectivity index (χ3v) is 5.53. The summed E-state index contributed by atoms with van der Waals surface area (Å²) in [5.41, 5.74) is 1.33. The van der Waals surface area contributed by atoms with Crippen molar-refractivity contribution >= 4 is 33.4 Å². The molecule has 0 atom stereocenters. The molecule has 1 aliphatic heterocycles. The Bertz CT molecular complexity index is 948. The Morgan fingerprint density at radius 1 is 1.26 bits per heavy atom. The van der Waals surface area contributed by atoms with Crippen LogP contribution in [0.15, 0.2) is 33.7 Å². The molecule has 1 saturated heterocycles. The number of aryl methyl sites for hydroxylation is 2. The molecule has 0 radical (unpaired) electrons. The summed E-state index contributed by atoms with van der Waals surface area (Å²) in [5.74, 6) is -0.393. The number of nitrogens with zero attached hydrogens (tertiary/aromatic N) is 2. The van der Waals surface area contributed by atoms with Gasteiger partial charge in [-0.2, -0.15) is 0 Å². The van der Waals surface area contributed by atoms with Crippen LogP contribution in [-0.2, 0) is 19.6 Å². The molecule has 0 spiro atoms. The number of hydrogen-bond acceptors (Lipinski definition) is 7. The first-order chi connectivity index (χ1) is 12.8. The minimum Gasteiger partial charge on any atom is -0.447 e. The fraction of sp³-hybridized carbons (Fsp3) is 0.312. The molecule has 2 aromatic rings. The summed E-state index contributed by atoms with van der Waals surface area (Å²) < 4.78 is 36.5. The lowest BCUT2D eigenvalue weighted by molar-refractivity contribution is -0.115. The van der Waals surface area contributed by atoms with E-state index in [1.54, 1.807) is 24.3 Å². The monoisotopic (exact) mass is 394 g/mol. The first-order valence-corrected chi connectivity index (χ1v) is 9.53. The molecule has 0 saturated carbocycles. The molecule has 144 valence electrons. The highest BCUT2D eigenvalue weighted by Gasteiger charge is 2.25. The Morgan fingerprint density at radius 3 is 2.52 bits per heavy atom. The molecule has 0 bridgehead atoms. The maximum absolute atomic E-state index is 12.3. The van der Waals surface area contributed by atoms with Gasteiger partial charge in [-0.15, -0.1) is 0 Å². The number of benzene rings is 1. The smallest absolute Gasteiger partial charge is 0.414 e. The fourth-order valence-corrected chi connectivity index (χ4v) is 3.96. The van der Waals surface area contributed by atoms with E-state index in [2.05, 4.69) is 15.2 Å². The lowest BCUT2D eigenvalue weighted by atomic mass is 10.2. The van der Waals surface area contributed by atoms with Crippen molar-refractivity contribution in [1.29, 1.82) is 0 Å². The van der Waals surface area contributed by atoms with Gasteiger partial charge in [0.1, 0.15) is 17.2 Å². The average Bonchev–Trinajstić information content (AvgIpc) is 3.19. The molecule has 0 unspecified atom stereocenters. The van der Waals surface area contributed by atoms with Gasteiger partial charge in [0.05, 0.1) is 13.1 Å². The van der Waals surface area contributed by atoms with Crippen LogP contribution >= 0.6 is 0 Å². The predicted octanol–water partition coefficient (Wildman–Crippen LogP) is 1.17. The summed E-state index contributed by atoms with van der Waals surface area (Å²) in [6.45, 7) is 3.33. The van der Waals surface area contributed by atoms with Crippen molar-refractivity contribution in [3.05, 3.63) is 35.7 Å². The number of ether oxygens (including phenoxy) is 1. The van der Waals surface area contributed by atoms with E-state index >= 15 is 0 Å². The van der Waals surface area contributed by atoms with Gasteiger partial charge in [0, 0.05) is 11.4 Å². The van der Waals surface area contributed by atoms with E-state index in [4.69, 9.17) is 9.26 Å². The summed E-state index contributed by atoms with van der Waals surface area (Å²) in [7, 11) is -3.91. The molecule has 10 nitrogen and oxygen atoms in total. The van der Waals surface area contributed by atoms with Crippen LogP contribution in [0.4, 0.5) is 16.2 Å². The zero-order valence-corrected chi connectivity index (χ0v) is 15.5. The number of carbonyl (C=O) groups excluding carboxylic acids is 2. The molecule has 3 rings (SSSR count). The highest BCUT2D eigenvalue weighted by Crippen LogP contribution is 2.21. The lowest BCUT2D eigenvalue weighted by Crippen LogP contribution is -2.33. The standard InChI is InChI=1S/C16H18N4O6S/c1-10-15(11(2)26-19-10)27(23,24)17-9-14(21)18-12-3-5-13(6-4-12)20-7-8-25-16(20)22/h3-6,17H,7-9H2,1-2H3,(H,18,21). The first-order valence-electron chi connectivity index (χ1n) is 8.04. The highest BCUT2D eigenvalue weighted by molar-refractivity contribution is 7.89. The Kier molecular flexibility index (Phi) is 5.15. The zero-order chi connectivity index (χ0) is 19.6. The van der Waals surface area contributed by atoms with Gasteiger partial charge in [-0.3, -0.25) is 9.69 Å². The minimum atomic E-state index is -3.91. The number of nitrogens with one attached hydrogen (secondary N) is 2. The number of aromatic nitrogens is 1. The maximum Gasteiger partial charge on any atom is 0.414 e. The summed E-state index contributed by atoms with van der Waals surface area (Å²) >= 11 is 0. The number of anilines is 2. The van der Waals surface area contributed by atoms with Crippen molar-refractivity contribution in [1.82, 2.24) is 9.88 Å². The second-order valence-corrected chi connectivity index (χ2v) is 7.54. The molecule has 27 heavy (non-hydrogen) atoms. The van der Waals surface area contributed by atoms with E-state index in [0.717, 1.165) is 0 Å². The summed E-state index contributed by atoms with van der Waals surface area (Å²) in [6, 6.07) is 6.55. The van der Waals surface area contributed by atoms with Gasteiger partial charge in [-0.1, -0.05) is 5.16 Å². The Morgan fingerprint density at radius 2 is 1.96 bits per heavy atom. The third kappa shape index (κ3) is 4.09. The molecule has 2 N–H and O–H groups in total. The molecular formula is C16H18N4O6S. The van der Waals surface area contributed by atoms with Crippen LogP contribution < -0.4 is 14.9 Å². The van der Waals surface area contributed by atoms with Gasteiger partial charge in [-0.05, 0) is 38.1 Å². The van der Waals surface area contributed by atoms with Crippen LogP contribution in [-0.4, -0.2) is 45.3 Å². The molecule has 11 heteroatoms. The van der Waals surface area contributed by atoms with E-state index in [9.17, 15) is 18.0 Å². The van der Waals surface area contributed by atoms with Crippen molar-refractivity contribution in [2.75, 3.05) is 29.9 Å². The van der Waals surface area contributed by atoms with Gasteiger partial charge in [0.25, 0.3) is 0 Å². The fourth-order valence-electron chi connectivity index (χ4n) is 2.65. The molecule has 1 fully saturated rings. The first kappa shape index (κ1) is 18.9. The van der Waals surface area contributed by atoms with Crippen molar-refractivity contribution < 1.29 is 27.3 Å². The second kappa shape index (κ2) is 7.37. The molecule has 1 aliphatic rings.